The molecule has 0 spiro atoms. The molecule has 2 aromatic heterocycles. The van der Waals surface area contributed by atoms with Crippen LogP contribution in [-0.2, 0) is 0 Å². The molecule has 142 valence electrons. The minimum absolute atomic E-state index is 0.110. The number of nitrogens with zero attached hydrogens (tertiary/aromatic N) is 4. The van der Waals surface area contributed by atoms with E-state index in [-0.39, 0.29) is 17.4 Å². The Kier molecular flexibility index (Phi) is 4.82. The molecule has 0 bridgehead atoms. The van der Waals surface area contributed by atoms with Gasteiger partial charge in [0, 0.05) is 18.2 Å². The largest absolute Gasteiger partial charge is 0.574 e. The Morgan fingerprint density at radius 3 is 2.54 bits per heavy atom. The molecule has 1 aliphatic rings. The van der Waals surface area contributed by atoms with Crippen molar-refractivity contribution < 1.29 is 27.0 Å². The highest BCUT2D eigenvalue weighted by atomic mass is 35.5. The normalized spacial score (nSPS) is 16.2. The molecule has 3 rings (SSSR count). The SMILES string of the molecule is CN(C)CC1(COc2nc(OC(F)(F)F)c3cnc(Cl)c(F)c3n2)CC1. The van der Waals surface area contributed by atoms with Gasteiger partial charge in [-0.15, -0.1) is 13.2 Å². The van der Waals surface area contributed by atoms with Crippen LogP contribution in [0, 0.1) is 11.2 Å². The van der Waals surface area contributed by atoms with Crippen LogP contribution >= 0.6 is 11.6 Å². The number of rotatable bonds is 6. The molecule has 0 atom stereocenters. The molecule has 2 heterocycles. The van der Waals surface area contributed by atoms with Gasteiger partial charge in [0.2, 0.25) is 5.88 Å². The summed E-state index contributed by atoms with van der Waals surface area (Å²) in [4.78, 5) is 12.9. The molecule has 1 aliphatic carbocycles. The lowest BCUT2D eigenvalue weighted by Crippen LogP contribution is -2.28. The van der Waals surface area contributed by atoms with Gasteiger partial charge in [0.15, 0.2) is 11.0 Å². The smallest absolute Gasteiger partial charge is 0.463 e. The van der Waals surface area contributed by atoms with Crippen molar-refractivity contribution in [2.75, 3.05) is 27.2 Å². The number of alkyl halides is 3. The summed E-state index contributed by atoms with van der Waals surface area (Å²) < 4.78 is 61.4. The Bertz CT molecular complexity index is 827. The summed E-state index contributed by atoms with van der Waals surface area (Å²) in [7, 11) is 3.82. The van der Waals surface area contributed by atoms with E-state index in [1.807, 2.05) is 19.0 Å². The lowest BCUT2D eigenvalue weighted by atomic mass is 10.1. The van der Waals surface area contributed by atoms with Gasteiger partial charge in [-0.2, -0.15) is 9.97 Å². The Labute approximate surface area is 151 Å². The summed E-state index contributed by atoms with van der Waals surface area (Å²) >= 11 is 5.59. The van der Waals surface area contributed by atoms with Crippen LogP contribution in [0.4, 0.5) is 17.6 Å². The average molecular weight is 395 g/mol. The molecule has 0 unspecified atom stereocenters. The van der Waals surface area contributed by atoms with Gasteiger partial charge in [-0.3, -0.25) is 0 Å². The lowest BCUT2D eigenvalue weighted by molar-refractivity contribution is -0.275. The van der Waals surface area contributed by atoms with Crippen LogP contribution in [0.5, 0.6) is 11.9 Å². The van der Waals surface area contributed by atoms with Crippen LogP contribution in [-0.4, -0.2) is 53.5 Å². The number of fused-ring (bicyclic) bond motifs is 1. The lowest BCUT2D eigenvalue weighted by Gasteiger charge is -2.20. The van der Waals surface area contributed by atoms with Crippen LogP contribution < -0.4 is 9.47 Å². The van der Waals surface area contributed by atoms with Gasteiger partial charge in [0.05, 0.1) is 12.0 Å². The fourth-order valence-electron chi connectivity index (χ4n) is 2.65. The summed E-state index contributed by atoms with van der Waals surface area (Å²) in [6.07, 6.45) is -2.28. The van der Waals surface area contributed by atoms with Crippen LogP contribution in [0.1, 0.15) is 12.8 Å². The summed E-state index contributed by atoms with van der Waals surface area (Å²) in [6, 6.07) is -0.414. The molecule has 1 saturated carbocycles. The summed E-state index contributed by atoms with van der Waals surface area (Å²) in [5.74, 6) is -1.96. The van der Waals surface area contributed by atoms with Crippen molar-refractivity contribution >= 4 is 22.5 Å². The summed E-state index contributed by atoms with van der Waals surface area (Å²) in [5, 5.41) is -0.877. The first-order valence-electron chi connectivity index (χ1n) is 7.64. The van der Waals surface area contributed by atoms with E-state index in [1.54, 1.807) is 0 Å². The molecule has 0 aliphatic heterocycles. The summed E-state index contributed by atoms with van der Waals surface area (Å²) in [5.41, 5.74) is -0.562. The molecule has 0 saturated heterocycles. The fraction of sp³-hybridized carbons (Fsp3) is 0.533. The van der Waals surface area contributed by atoms with E-state index in [0.717, 1.165) is 25.6 Å². The number of halogens is 5. The fourth-order valence-corrected chi connectivity index (χ4v) is 2.79. The van der Waals surface area contributed by atoms with Crippen molar-refractivity contribution in [1.29, 1.82) is 0 Å². The maximum atomic E-state index is 14.2. The van der Waals surface area contributed by atoms with Gasteiger partial charge in [0.1, 0.15) is 5.52 Å². The van der Waals surface area contributed by atoms with Crippen molar-refractivity contribution in [3.05, 3.63) is 17.2 Å². The quantitative estimate of drug-likeness (QED) is 0.552. The van der Waals surface area contributed by atoms with Gasteiger partial charge in [0.25, 0.3) is 0 Å². The Balaban J connectivity index is 1.94. The van der Waals surface area contributed by atoms with Gasteiger partial charge >= 0.3 is 12.4 Å². The minimum Gasteiger partial charge on any atom is -0.463 e. The maximum Gasteiger partial charge on any atom is 0.574 e. The van der Waals surface area contributed by atoms with Crippen LogP contribution in [0.2, 0.25) is 5.15 Å². The molecule has 2 aromatic rings. The number of hydrogen-bond acceptors (Lipinski definition) is 6. The standard InChI is InChI=1S/C15H15ClF4N4O2/c1-24(2)6-14(3-4-14)7-25-13-22-10-8(5-21-11(16)9(10)17)12(23-13)26-15(18,19)20/h5H,3-4,6-7H2,1-2H3. The third-order valence-corrected chi connectivity index (χ3v) is 4.18. The van der Waals surface area contributed by atoms with E-state index >= 15 is 0 Å². The first kappa shape index (κ1) is 18.8. The predicted molar refractivity (Wildman–Crippen MR) is 84.7 cm³/mol. The molecule has 26 heavy (non-hydrogen) atoms. The van der Waals surface area contributed by atoms with Gasteiger partial charge in [-0.1, -0.05) is 11.6 Å². The van der Waals surface area contributed by atoms with Crippen LogP contribution in [0.15, 0.2) is 6.20 Å². The van der Waals surface area contributed by atoms with E-state index in [1.165, 1.54) is 0 Å². The van der Waals surface area contributed by atoms with Crippen molar-refractivity contribution in [3.8, 4) is 11.9 Å². The Morgan fingerprint density at radius 1 is 1.27 bits per heavy atom. The molecule has 0 aromatic carbocycles. The van der Waals surface area contributed by atoms with Crippen LogP contribution in [0.25, 0.3) is 10.9 Å². The number of ether oxygens (including phenoxy) is 2. The highest BCUT2D eigenvalue weighted by Crippen LogP contribution is 2.46. The predicted octanol–water partition coefficient (Wildman–Crippen LogP) is 3.44. The van der Waals surface area contributed by atoms with Gasteiger partial charge < -0.3 is 14.4 Å². The second kappa shape index (κ2) is 6.66. The molecule has 0 radical (unpaired) electrons. The Hall–Kier alpha value is -1.94. The van der Waals surface area contributed by atoms with Crippen molar-refractivity contribution in [3.63, 3.8) is 0 Å². The molecule has 11 heteroatoms. The van der Waals surface area contributed by atoms with Crippen molar-refractivity contribution in [2.24, 2.45) is 5.41 Å². The number of pyridine rings is 1. The maximum absolute atomic E-state index is 14.2. The van der Waals surface area contributed by atoms with Gasteiger partial charge in [-0.25, -0.2) is 9.37 Å². The van der Waals surface area contributed by atoms with Crippen molar-refractivity contribution in [1.82, 2.24) is 19.9 Å². The van der Waals surface area contributed by atoms with Crippen LogP contribution in [0.3, 0.4) is 0 Å². The number of hydrogen-bond donors (Lipinski definition) is 0. The van der Waals surface area contributed by atoms with E-state index < -0.39 is 34.7 Å². The first-order valence-corrected chi connectivity index (χ1v) is 8.01. The van der Waals surface area contributed by atoms with E-state index in [9.17, 15) is 17.6 Å². The first-order chi connectivity index (χ1) is 12.1. The minimum atomic E-state index is -5.02. The Morgan fingerprint density at radius 2 is 1.96 bits per heavy atom. The molecule has 1 fully saturated rings. The molecular formula is C15H15ClF4N4O2. The molecular weight excluding hydrogens is 380 g/mol. The third-order valence-electron chi connectivity index (χ3n) is 3.91. The van der Waals surface area contributed by atoms with Crippen molar-refractivity contribution in [2.45, 2.75) is 19.2 Å². The zero-order chi connectivity index (χ0) is 19.1. The van der Waals surface area contributed by atoms with E-state index in [0.29, 0.717) is 0 Å². The molecule has 0 amide bonds. The monoisotopic (exact) mass is 394 g/mol. The number of aromatic nitrogens is 3. The third kappa shape index (κ3) is 4.24. The second-order valence-corrected chi connectivity index (χ2v) is 6.87. The zero-order valence-electron chi connectivity index (χ0n) is 13.9. The topological polar surface area (TPSA) is 60.4 Å². The summed E-state index contributed by atoms with van der Waals surface area (Å²) in [6.45, 7) is 0.944. The van der Waals surface area contributed by atoms with E-state index in [4.69, 9.17) is 16.3 Å². The molecule has 6 nitrogen and oxygen atoms in total. The highest BCUT2D eigenvalue weighted by molar-refractivity contribution is 6.30. The van der Waals surface area contributed by atoms with E-state index in [2.05, 4.69) is 19.7 Å². The highest BCUT2D eigenvalue weighted by Gasteiger charge is 2.44. The van der Waals surface area contributed by atoms with Gasteiger partial charge in [-0.05, 0) is 26.9 Å². The molecule has 0 N–H and O–H groups in total. The second-order valence-electron chi connectivity index (χ2n) is 6.51. The zero-order valence-corrected chi connectivity index (χ0v) is 14.7. The average Bonchev–Trinajstić information content (AvgIpc) is 3.27.